The van der Waals surface area contributed by atoms with E-state index in [9.17, 15) is 13.2 Å². The molecule has 0 radical (unpaired) electrons. The summed E-state index contributed by atoms with van der Waals surface area (Å²) in [7, 11) is -3.57. The summed E-state index contributed by atoms with van der Waals surface area (Å²) in [5.74, 6) is -0.626. The van der Waals surface area contributed by atoms with Crippen molar-refractivity contribution in [3.05, 3.63) is 58.9 Å². The van der Waals surface area contributed by atoms with Crippen LogP contribution in [0.5, 0.6) is 0 Å². The molecule has 1 heterocycles. The molecule has 0 spiro atoms. The predicted octanol–water partition coefficient (Wildman–Crippen LogP) is 1.78. The van der Waals surface area contributed by atoms with Crippen molar-refractivity contribution in [2.45, 2.75) is 5.75 Å². The molecule has 6 nitrogen and oxygen atoms in total. The number of nitrogens with two attached hydrogens (primary N) is 1. The highest BCUT2D eigenvalue weighted by molar-refractivity contribution is 7.88. The van der Waals surface area contributed by atoms with Gasteiger partial charge in [0.1, 0.15) is 0 Å². The van der Waals surface area contributed by atoms with Crippen LogP contribution in [-0.4, -0.2) is 19.3 Å². The molecule has 0 aliphatic rings. The summed E-state index contributed by atoms with van der Waals surface area (Å²) in [6.45, 7) is 0. The average Bonchev–Trinajstić information content (AvgIpc) is 2.40. The highest BCUT2D eigenvalue weighted by atomic mass is 35.5. The molecule has 0 saturated heterocycles. The fourth-order valence-electron chi connectivity index (χ4n) is 1.67. The summed E-state index contributed by atoms with van der Waals surface area (Å²) in [5, 5.41) is 7.87. The summed E-state index contributed by atoms with van der Waals surface area (Å²) < 4.78 is 21.9. The Morgan fingerprint density at radius 1 is 1.24 bits per heavy atom. The van der Waals surface area contributed by atoms with Gasteiger partial charge >= 0.3 is 0 Å². The number of amides is 1. The lowest BCUT2D eigenvalue weighted by Crippen LogP contribution is -2.15. The lowest BCUT2D eigenvalue weighted by atomic mass is 10.2. The number of carbonyl (C=O) groups is 1. The zero-order chi connectivity index (χ0) is 15.5. The molecular weight excluding hydrogens is 314 g/mol. The molecule has 1 aromatic carbocycles. The minimum atomic E-state index is -3.57. The van der Waals surface area contributed by atoms with E-state index >= 15 is 0 Å². The van der Waals surface area contributed by atoms with Crippen LogP contribution in [0.2, 0.25) is 5.02 Å². The number of primary sulfonamides is 1. The van der Waals surface area contributed by atoms with Crippen molar-refractivity contribution in [2.24, 2.45) is 5.14 Å². The Labute approximate surface area is 127 Å². The maximum Gasteiger partial charge on any atom is 0.257 e. The first-order valence-corrected chi connectivity index (χ1v) is 7.95. The lowest BCUT2D eigenvalue weighted by molar-refractivity contribution is 0.102. The van der Waals surface area contributed by atoms with Gasteiger partial charge in [0.2, 0.25) is 10.0 Å². The van der Waals surface area contributed by atoms with Gasteiger partial charge in [-0.15, -0.1) is 0 Å². The number of rotatable bonds is 4. The molecule has 110 valence electrons. The summed E-state index contributed by atoms with van der Waals surface area (Å²) in [4.78, 5) is 15.8. The maximum atomic E-state index is 12.0. The third kappa shape index (κ3) is 4.52. The van der Waals surface area contributed by atoms with E-state index in [0.717, 1.165) is 0 Å². The first-order chi connectivity index (χ1) is 9.85. The van der Waals surface area contributed by atoms with Crippen molar-refractivity contribution >= 4 is 33.2 Å². The van der Waals surface area contributed by atoms with Gasteiger partial charge in [-0.2, -0.15) is 0 Å². The van der Waals surface area contributed by atoms with Crippen molar-refractivity contribution in [3.8, 4) is 0 Å². The van der Waals surface area contributed by atoms with Crippen LogP contribution >= 0.6 is 11.6 Å². The monoisotopic (exact) mass is 325 g/mol. The van der Waals surface area contributed by atoms with Gasteiger partial charge in [-0.25, -0.2) is 13.6 Å². The molecule has 2 rings (SSSR count). The average molecular weight is 326 g/mol. The number of aromatic nitrogens is 1. The van der Waals surface area contributed by atoms with E-state index < -0.39 is 10.0 Å². The number of sulfonamides is 1. The first kappa shape index (κ1) is 15.4. The molecular formula is C13H12ClN3O3S. The normalized spacial score (nSPS) is 11.1. The smallest absolute Gasteiger partial charge is 0.257 e. The van der Waals surface area contributed by atoms with Gasteiger partial charge in [0.05, 0.1) is 16.3 Å². The Morgan fingerprint density at radius 2 is 1.90 bits per heavy atom. The van der Waals surface area contributed by atoms with Gasteiger partial charge in [-0.3, -0.25) is 9.78 Å². The maximum absolute atomic E-state index is 12.0. The largest absolute Gasteiger partial charge is 0.322 e. The number of nitrogens with one attached hydrogen (secondary N) is 1. The zero-order valence-corrected chi connectivity index (χ0v) is 12.4. The molecule has 0 aliphatic carbocycles. The van der Waals surface area contributed by atoms with Crippen molar-refractivity contribution in [2.75, 3.05) is 5.32 Å². The van der Waals surface area contributed by atoms with Crippen molar-refractivity contribution < 1.29 is 13.2 Å². The van der Waals surface area contributed by atoms with Crippen LogP contribution in [0.3, 0.4) is 0 Å². The van der Waals surface area contributed by atoms with Gasteiger partial charge in [0.15, 0.2) is 0 Å². The minimum Gasteiger partial charge on any atom is -0.322 e. The Hall–Kier alpha value is -1.96. The second-order valence-electron chi connectivity index (χ2n) is 4.31. The van der Waals surface area contributed by atoms with Crippen LogP contribution in [-0.2, 0) is 15.8 Å². The Kier molecular flexibility index (Phi) is 4.56. The lowest BCUT2D eigenvalue weighted by Gasteiger charge is -2.07. The SMILES string of the molecule is NS(=O)(=O)Cc1ccc(NC(=O)c2ccncc2Cl)cc1. The molecule has 1 aromatic heterocycles. The molecule has 0 aliphatic heterocycles. The second-order valence-corrected chi connectivity index (χ2v) is 6.34. The Balaban J connectivity index is 2.10. The van der Waals surface area contributed by atoms with Gasteiger partial charge in [0.25, 0.3) is 5.91 Å². The van der Waals surface area contributed by atoms with E-state index in [1.165, 1.54) is 18.5 Å². The van der Waals surface area contributed by atoms with E-state index in [4.69, 9.17) is 16.7 Å². The number of benzene rings is 1. The van der Waals surface area contributed by atoms with E-state index in [2.05, 4.69) is 10.3 Å². The van der Waals surface area contributed by atoms with Crippen molar-refractivity contribution in [1.82, 2.24) is 4.98 Å². The summed E-state index contributed by atoms with van der Waals surface area (Å²) in [6, 6.07) is 7.84. The Bertz CT molecular complexity index is 760. The van der Waals surface area contributed by atoms with Crippen LogP contribution in [0.1, 0.15) is 15.9 Å². The fourth-order valence-corrected chi connectivity index (χ4v) is 2.54. The molecule has 3 N–H and O–H groups in total. The standard InChI is InChI=1S/C13H12ClN3O3S/c14-12-7-16-6-5-11(12)13(18)17-10-3-1-9(2-4-10)8-21(15,19)20/h1-7H,8H2,(H,17,18)(H2,15,19,20). The second kappa shape index (κ2) is 6.21. The molecule has 2 aromatic rings. The van der Waals surface area contributed by atoms with Crippen LogP contribution in [0, 0.1) is 0 Å². The number of halogens is 1. The number of nitrogens with zero attached hydrogens (tertiary/aromatic N) is 1. The molecule has 1 amide bonds. The van der Waals surface area contributed by atoms with Crippen LogP contribution in [0.4, 0.5) is 5.69 Å². The van der Waals surface area contributed by atoms with E-state index in [1.807, 2.05) is 0 Å². The van der Waals surface area contributed by atoms with Gasteiger partial charge in [0, 0.05) is 18.1 Å². The summed E-state index contributed by atoms with van der Waals surface area (Å²) in [6.07, 6.45) is 2.85. The third-order valence-corrected chi connectivity index (χ3v) is 3.63. The zero-order valence-electron chi connectivity index (χ0n) is 10.8. The highest BCUT2D eigenvalue weighted by Crippen LogP contribution is 2.17. The van der Waals surface area contributed by atoms with Gasteiger partial charge < -0.3 is 5.32 Å². The molecule has 0 atom stereocenters. The predicted molar refractivity (Wildman–Crippen MR) is 80.5 cm³/mol. The summed E-state index contributed by atoms with van der Waals surface area (Å²) >= 11 is 5.88. The van der Waals surface area contributed by atoms with Gasteiger partial charge in [-0.05, 0) is 23.8 Å². The topological polar surface area (TPSA) is 102 Å². The molecule has 21 heavy (non-hydrogen) atoms. The van der Waals surface area contributed by atoms with E-state index in [0.29, 0.717) is 16.8 Å². The number of pyridine rings is 1. The van der Waals surface area contributed by atoms with Crippen molar-refractivity contribution in [3.63, 3.8) is 0 Å². The van der Waals surface area contributed by atoms with E-state index in [-0.39, 0.29) is 16.7 Å². The molecule has 0 fully saturated rings. The minimum absolute atomic E-state index is 0.251. The molecule has 0 saturated carbocycles. The quantitative estimate of drug-likeness (QED) is 0.894. The number of hydrogen-bond donors (Lipinski definition) is 2. The van der Waals surface area contributed by atoms with Crippen LogP contribution in [0.25, 0.3) is 0 Å². The highest BCUT2D eigenvalue weighted by Gasteiger charge is 2.10. The number of hydrogen-bond acceptors (Lipinski definition) is 4. The molecule has 8 heteroatoms. The third-order valence-electron chi connectivity index (χ3n) is 2.60. The van der Waals surface area contributed by atoms with E-state index in [1.54, 1.807) is 24.3 Å². The number of anilines is 1. The first-order valence-electron chi connectivity index (χ1n) is 5.85. The summed E-state index contributed by atoms with van der Waals surface area (Å²) in [5.41, 5.74) is 1.36. The van der Waals surface area contributed by atoms with Crippen molar-refractivity contribution in [1.29, 1.82) is 0 Å². The Morgan fingerprint density at radius 3 is 2.48 bits per heavy atom. The molecule has 0 bridgehead atoms. The van der Waals surface area contributed by atoms with Gasteiger partial charge in [-0.1, -0.05) is 23.7 Å². The number of carbonyl (C=O) groups excluding carboxylic acids is 1. The van der Waals surface area contributed by atoms with Crippen LogP contribution in [0.15, 0.2) is 42.7 Å². The fraction of sp³-hybridized carbons (Fsp3) is 0.0769. The van der Waals surface area contributed by atoms with Crippen LogP contribution < -0.4 is 10.5 Å². The molecule has 0 unspecified atom stereocenters.